The Balaban J connectivity index is 2.05. The van der Waals surface area contributed by atoms with Crippen LogP contribution in [0.4, 0.5) is 5.69 Å². The van der Waals surface area contributed by atoms with Crippen molar-refractivity contribution in [1.82, 2.24) is 0 Å². The molecule has 0 spiro atoms. The highest BCUT2D eigenvalue weighted by Gasteiger charge is 2.06. The average molecular weight is 264 g/mol. The van der Waals surface area contributed by atoms with Crippen LogP contribution in [0.25, 0.3) is 0 Å². The summed E-state index contributed by atoms with van der Waals surface area (Å²) >= 11 is 0. The third-order valence-electron chi connectivity index (χ3n) is 3.11. The number of rotatable bonds is 3. The van der Waals surface area contributed by atoms with Crippen LogP contribution < -0.4 is 5.32 Å². The molecule has 0 saturated heterocycles. The maximum absolute atomic E-state index is 12.0. The standard InChI is InChI=1S/C17H16N2O/c1-12-3-4-13(2)16(9-12)19-17(20)10-14-5-7-15(11-18)8-6-14/h3-9H,10H2,1-2H3,(H,19,20). The maximum atomic E-state index is 12.0. The summed E-state index contributed by atoms with van der Waals surface area (Å²) in [4.78, 5) is 12.0. The molecule has 0 aliphatic heterocycles. The van der Waals surface area contributed by atoms with Crippen LogP contribution in [0.5, 0.6) is 0 Å². The highest BCUT2D eigenvalue weighted by atomic mass is 16.1. The van der Waals surface area contributed by atoms with Crippen molar-refractivity contribution in [2.24, 2.45) is 0 Å². The molecule has 2 rings (SSSR count). The van der Waals surface area contributed by atoms with E-state index in [0.29, 0.717) is 12.0 Å². The number of anilines is 1. The zero-order chi connectivity index (χ0) is 14.5. The number of carbonyl (C=O) groups is 1. The largest absolute Gasteiger partial charge is 0.326 e. The van der Waals surface area contributed by atoms with Gasteiger partial charge in [0.05, 0.1) is 18.1 Å². The van der Waals surface area contributed by atoms with E-state index in [0.717, 1.165) is 22.4 Å². The van der Waals surface area contributed by atoms with E-state index in [9.17, 15) is 4.79 Å². The van der Waals surface area contributed by atoms with Crippen LogP contribution >= 0.6 is 0 Å². The van der Waals surface area contributed by atoms with Crippen molar-refractivity contribution < 1.29 is 4.79 Å². The van der Waals surface area contributed by atoms with Crippen molar-refractivity contribution >= 4 is 11.6 Å². The minimum Gasteiger partial charge on any atom is -0.326 e. The molecule has 1 N–H and O–H groups in total. The van der Waals surface area contributed by atoms with E-state index in [4.69, 9.17) is 5.26 Å². The summed E-state index contributed by atoms with van der Waals surface area (Å²) < 4.78 is 0. The molecule has 0 aliphatic rings. The smallest absolute Gasteiger partial charge is 0.228 e. The van der Waals surface area contributed by atoms with Crippen LogP contribution in [0.2, 0.25) is 0 Å². The summed E-state index contributed by atoms with van der Waals surface area (Å²) in [5.41, 5.74) is 4.51. The molecule has 20 heavy (non-hydrogen) atoms. The van der Waals surface area contributed by atoms with Crippen LogP contribution in [0.3, 0.4) is 0 Å². The lowest BCUT2D eigenvalue weighted by atomic mass is 10.1. The van der Waals surface area contributed by atoms with Gasteiger partial charge in [0.15, 0.2) is 0 Å². The Kier molecular flexibility index (Phi) is 4.17. The van der Waals surface area contributed by atoms with Gasteiger partial charge in [-0.05, 0) is 48.7 Å². The van der Waals surface area contributed by atoms with Crippen molar-refractivity contribution in [3.8, 4) is 6.07 Å². The molecule has 2 aromatic carbocycles. The number of nitriles is 1. The number of benzene rings is 2. The molecule has 0 heterocycles. The van der Waals surface area contributed by atoms with Crippen molar-refractivity contribution in [2.45, 2.75) is 20.3 Å². The van der Waals surface area contributed by atoms with Gasteiger partial charge in [-0.3, -0.25) is 4.79 Å². The molecule has 0 aliphatic carbocycles. The third-order valence-corrected chi connectivity index (χ3v) is 3.11. The SMILES string of the molecule is Cc1ccc(C)c(NC(=O)Cc2ccc(C#N)cc2)c1. The van der Waals surface area contributed by atoms with Crippen molar-refractivity contribution in [2.75, 3.05) is 5.32 Å². The zero-order valence-electron chi connectivity index (χ0n) is 11.6. The summed E-state index contributed by atoms with van der Waals surface area (Å²) in [6.07, 6.45) is 0.305. The lowest BCUT2D eigenvalue weighted by Gasteiger charge is -2.09. The molecule has 100 valence electrons. The number of hydrogen-bond donors (Lipinski definition) is 1. The van der Waals surface area contributed by atoms with Gasteiger partial charge in [-0.25, -0.2) is 0 Å². The summed E-state index contributed by atoms with van der Waals surface area (Å²) in [6.45, 7) is 3.96. The molecule has 0 atom stereocenters. The average Bonchev–Trinajstić information content (AvgIpc) is 2.43. The fraction of sp³-hybridized carbons (Fsp3) is 0.176. The molecule has 0 aromatic heterocycles. The van der Waals surface area contributed by atoms with Gasteiger partial charge >= 0.3 is 0 Å². The van der Waals surface area contributed by atoms with Gasteiger partial charge in [0.2, 0.25) is 5.91 Å². The molecule has 0 unspecified atom stereocenters. The van der Waals surface area contributed by atoms with E-state index in [-0.39, 0.29) is 5.91 Å². The molecular weight excluding hydrogens is 248 g/mol. The fourth-order valence-electron chi connectivity index (χ4n) is 1.95. The fourth-order valence-corrected chi connectivity index (χ4v) is 1.95. The molecule has 1 amide bonds. The number of nitrogens with one attached hydrogen (secondary N) is 1. The Morgan fingerprint density at radius 2 is 1.85 bits per heavy atom. The molecule has 3 heteroatoms. The Bertz CT molecular complexity index is 666. The van der Waals surface area contributed by atoms with E-state index in [1.165, 1.54) is 0 Å². The van der Waals surface area contributed by atoms with Crippen LogP contribution in [0.1, 0.15) is 22.3 Å². The molecule has 2 aromatic rings. The first-order valence-electron chi connectivity index (χ1n) is 6.44. The van der Waals surface area contributed by atoms with Crippen molar-refractivity contribution in [3.63, 3.8) is 0 Å². The predicted octanol–water partition coefficient (Wildman–Crippen LogP) is 3.36. The lowest BCUT2D eigenvalue weighted by Crippen LogP contribution is -2.15. The normalized spacial score (nSPS) is 9.85. The molecule has 0 radical (unpaired) electrons. The van der Waals surface area contributed by atoms with E-state index >= 15 is 0 Å². The van der Waals surface area contributed by atoms with Gasteiger partial charge in [-0.15, -0.1) is 0 Å². The molecular formula is C17H16N2O. The Labute approximate surface area is 118 Å². The summed E-state index contributed by atoms with van der Waals surface area (Å²) in [6, 6.07) is 15.1. The van der Waals surface area contributed by atoms with Crippen LogP contribution in [-0.2, 0) is 11.2 Å². The Hall–Kier alpha value is -2.60. The minimum atomic E-state index is -0.0524. The van der Waals surface area contributed by atoms with Crippen LogP contribution in [0.15, 0.2) is 42.5 Å². The topological polar surface area (TPSA) is 52.9 Å². The van der Waals surface area contributed by atoms with Crippen LogP contribution in [-0.4, -0.2) is 5.91 Å². The number of aryl methyl sites for hydroxylation is 2. The maximum Gasteiger partial charge on any atom is 0.228 e. The number of amides is 1. The minimum absolute atomic E-state index is 0.0524. The van der Waals surface area contributed by atoms with E-state index in [2.05, 4.69) is 11.4 Å². The second-order valence-electron chi connectivity index (χ2n) is 4.85. The predicted molar refractivity (Wildman–Crippen MR) is 79.4 cm³/mol. The Morgan fingerprint density at radius 1 is 1.15 bits per heavy atom. The number of carbonyl (C=O) groups excluding carboxylic acids is 1. The summed E-state index contributed by atoms with van der Waals surface area (Å²) in [5, 5.41) is 11.7. The summed E-state index contributed by atoms with van der Waals surface area (Å²) in [5.74, 6) is -0.0524. The summed E-state index contributed by atoms with van der Waals surface area (Å²) in [7, 11) is 0. The highest BCUT2D eigenvalue weighted by molar-refractivity contribution is 5.93. The molecule has 0 fully saturated rings. The Morgan fingerprint density at radius 3 is 2.50 bits per heavy atom. The van der Waals surface area contributed by atoms with Gasteiger partial charge in [-0.1, -0.05) is 24.3 Å². The molecule has 0 bridgehead atoms. The zero-order valence-corrected chi connectivity index (χ0v) is 11.6. The van der Waals surface area contributed by atoms with Crippen molar-refractivity contribution in [1.29, 1.82) is 5.26 Å². The monoisotopic (exact) mass is 264 g/mol. The van der Waals surface area contributed by atoms with Gasteiger partial charge < -0.3 is 5.32 Å². The van der Waals surface area contributed by atoms with Gasteiger partial charge in [-0.2, -0.15) is 5.26 Å². The van der Waals surface area contributed by atoms with Gasteiger partial charge in [0, 0.05) is 5.69 Å². The second-order valence-corrected chi connectivity index (χ2v) is 4.85. The first-order valence-corrected chi connectivity index (χ1v) is 6.44. The first-order chi connectivity index (χ1) is 9.58. The first kappa shape index (κ1) is 13.8. The van der Waals surface area contributed by atoms with Crippen molar-refractivity contribution in [3.05, 3.63) is 64.7 Å². The quantitative estimate of drug-likeness (QED) is 0.924. The molecule has 3 nitrogen and oxygen atoms in total. The second kappa shape index (κ2) is 6.03. The number of nitrogens with zero attached hydrogens (tertiary/aromatic N) is 1. The third kappa shape index (κ3) is 3.46. The van der Waals surface area contributed by atoms with Gasteiger partial charge in [0.1, 0.15) is 0 Å². The highest BCUT2D eigenvalue weighted by Crippen LogP contribution is 2.16. The van der Waals surface area contributed by atoms with E-state index < -0.39 is 0 Å². The molecule has 0 saturated carbocycles. The van der Waals surface area contributed by atoms with Gasteiger partial charge in [0.25, 0.3) is 0 Å². The van der Waals surface area contributed by atoms with Crippen LogP contribution in [0, 0.1) is 25.2 Å². The lowest BCUT2D eigenvalue weighted by molar-refractivity contribution is -0.115. The number of hydrogen-bond acceptors (Lipinski definition) is 2. The van der Waals surface area contributed by atoms with E-state index in [1.54, 1.807) is 24.3 Å². The van der Waals surface area contributed by atoms with E-state index in [1.807, 2.05) is 32.0 Å².